The predicted molar refractivity (Wildman–Crippen MR) is 90.1 cm³/mol. The summed E-state index contributed by atoms with van der Waals surface area (Å²) in [6, 6.07) is 10.3. The highest BCUT2D eigenvalue weighted by molar-refractivity contribution is 5.67. The fourth-order valence-electron chi connectivity index (χ4n) is 2.22. The number of hydrogen-bond donors (Lipinski definition) is 2. The van der Waals surface area contributed by atoms with Gasteiger partial charge in [0.05, 0.1) is 12.6 Å². The number of anilines is 2. The zero-order chi connectivity index (χ0) is 15.9. The Bertz CT molecular complexity index is 601. The molecule has 5 nitrogen and oxygen atoms in total. The van der Waals surface area contributed by atoms with Crippen molar-refractivity contribution in [1.29, 1.82) is 0 Å². The van der Waals surface area contributed by atoms with Crippen molar-refractivity contribution in [3.63, 3.8) is 0 Å². The maximum absolute atomic E-state index is 6.15. The normalized spacial score (nSPS) is 12.0. The highest BCUT2D eigenvalue weighted by atomic mass is 16.5. The van der Waals surface area contributed by atoms with Crippen LogP contribution in [0.1, 0.15) is 44.6 Å². The molecule has 2 rings (SSSR count). The molecule has 1 unspecified atom stereocenters. The third kappa shape index (κ3) is 3.87. The van der Waals surface area contributed by atoms with Gasteiger partial charge in [-0.05, 0) is 25.8 Å². The molecule has 1 heterocycles. The number of nitrogen functional groups attached to an aromatic ring is 1. The molecule has 0 saturated carbocycles. The Morgan fingerprint density at radius 3 is 2.55 bits per heavy atom. The van der Waals surface area contributed by atoms with Gasteiger partial charge >= 0.3 is 0 Å². The standard InChI is InChI=1S/C17H24N4O/c1-4-9-14-20-16(15(18)17(21-14)22-5-2)19-12(3)13-10-7-6-8-11-13/h6-8,10-12H,4-5,9,18H2,1-3H3,(H,19,20,21). The van der Waals surface area contributed by atoms with E-state index in [0.717, 1.165) is 18.7 Å². The van der Waals surface area contributed by atoms with E-state index in [-0.39, 0.29) is 6.04 Å². The van der Waals surface area contributed by atoms with Crippen LogP contribution in [0.25, 0.3) is 0 Å². The van der Waals surface area contributed by atoms with Crippen molar-refractivity contribution < 1.29 is 4.74 Å². The number of aryl methyl sites for hydroxylation is 1. The Balaban J connectivity index is 2.28. The minimum absolute atomic E-state index is 0.0994. The smallest absolute Gasteiger partial charge is 0.242 e. The molecule has 2 aromatic rings. The number of hydrogen-bond acceptors (Lipinski definition) is 5. The van der Waals surface area contributed by atoms with Crippen LogP contribution in [0, 0.1) is 0 Å². The van der Waals surface area contributed by atoms with Gasteiger partial charge in [-0.3, -0.25) is 0 Å². The largest absolute Gasteiger partial charge is 0.476 e. The molecule has 3 N–H and O–H groups in total. The molecule has 1 aromatic heterocycles. The van der Waals surface area contributed by atoms with E-state index in [9.17, 15) is 0 Å². The fourth-order valence-corrected chi connectivity index (χ4v) is 2.22. The van der Waals surface area contributed by atoms with E-state index < -0.39 is 0 Å². The van der Waals surface area contributed by atoms with Gasteiger partial charge in [0.25, 0.3) is 0 Å². The lowest BCUT2D eigenvalue weighted by Crippen LogP contribution is -2.13. The number of nitrogens with one attached hydrogen (secondary N) is 1. The van der Waals surface area contributed by atoms with Crippen LogP contribution in [-0.4, -0.2) is 16.6 Å². The average Bonchev–Trinajstić information content (AvgIpc) is 2.53. The number of benzene rings is 1. The molecule has 0 spiro atoms. The van der Waals surface area contributed by atoms with Crippen LogP contribution in [-0.2, 0) is 6.42 Å². The lowest BCUT2D eigenvalue weighted by Gasteiger charge is -2.18. The summed E-state index contributed by atoms with van der Waals surface area (Å²) in [5.41, 5.74) is 7.79. The van der Waals surface area contributed by atoms with Gasteiger partial charge in [-0.2, -0.15) is 4.98 Å². The summed E-state index contributed by atoms with van der Waals surface area (Å²) in [5, 5.41) is 3.37. The predicted octanol–water partition coefficient (Wildman–Crippen LogP) is 3.58. The van der Waals surface area contributed by atoms with E-state index in [1.807, 2.05) is 25.1 Å². The molecule has 0 aliphatic rings. The Kier molecular flexibility index (Phi) is 5.58. The van der Waals surface area contributed by atoms with E-state index in [1.54, 1.807) is 0 Å². The van der Waals surface area contributed by atoms with Crippen molar-refractivity contribution in [3.05, 3.63) is 41.7 Å². The van der Waals surface area contributed by atoms with Crippen LogP contribution in [0.15, 0.2) is 30.3 Å². The first kappa shape index (κ1) is 16.1. The van der Waals surface area contributed by atoms with Crippen LogP contribution in [0.4, 0.5) is 11.5 Å². The molecular weight excluding hydrogens is 276 g/mol. The molecule has 5 heteroatoms. The molecule has 0 bridgehead atoms. The van der Waals surface area contributed by atoms with Gasteiger partial charge in [-0.25, -0.2) is 4.98 Å². The first-order valence-corrected chi connectivity index (χ1v) is 7.76. The molecule has 118 valence electrons. The van der Waals surface area contributed by atoms with E-state index in [1.165, 1.54) is 5.56 Å². The van der Waals surface area contributed by atoms with Crippen molar-refractivity contribution in [2.24, 2.45) is 0 Å². The summed E-state index contributed by atoms with van der Waals surface area (Å²) in [6.07, 6.45) is 1.78. The Hall–Kier alpha value is -2.30. The number of nitrogens with zero attached hydrogens (tertiary/aromatic N) is 2. The van der Waals surface area contributed by atoms with Crippen LogP contribution < -0.4 is 15.8 Å². The average molecular weight is 300 g/mol. The molecule has 1 aromatic carbocycles. The number of rotatable bonds is 7. The molecule has 0 aliphatic carbocycles. The summed E-state index contributed by atoms with van der Waals surface area (Å²) in [4.78, 5) is 8.94. The Morgan fingerprint density at radius 2 is 1.91 bits per heavy atom. The minimum atomic E-state index is 0.0994. The second-order valence-electron chi connectivity index (χ2n) is 5.17. The third-order valence-electron chi connectivity index (χ3n) is 3.36. The number of aromatic nitrogens is 2. The van der Waals surface area contributed by atoms with Crippen molar-refractivity contribution >= 4 is 11.5 Å². The number of nitrogens with two attached hydrogens (primary N) is 1. The summed E-state index contributed by atoms with van der Waals surface area (Å²) in [6.45, 7) is 6.62. The van der Waals surface area contributed by atoms with Gasteiger partial charge in [0.1, 0.15) is 11.5 Å². The quantitative estimate of drug-likeness (QED) is 0.817. The Morgan fingerprint density at radius 1 is 1.18 bits per heavy atom. The van der Waals surface area contributed by atoms with Crippen LogP contribution >= 0.6 is 0 Å². The lowest BCUT2D eigenvalue weighted by molar-refractivity contribution is 0.327. The minimum Gasteiger partial charge on any atom is -0.476 e. The fraction of sp³-hybridized carbons (Fsp3) is 0.412. The second-order valence-corrected chi connectivity index (χ2v) is 5.17. The van der Waals surface area contributed by atoms with E-state index in [0.29, 0.717) is 24.0 Å². The first-order valence-electron chi connectivity index (χ1n) is 7.76. The van der Waals surface area contributed by atoms with E-state index in [2.05, 4.69) is 41.3 Å². The van der Waals surface area contributed by atoms with Crippen LogP contribution in [0.3, 0.4) is 0 Å². The van der Waals surface area contributed by atoms with Gasteiger partial charge in [0.2, 0.25) is 5.88 Å². The second kappa shape index (κ2) is 7.64. The van der Waals surface area contributed by atoms with Crippen molar-refractivity contribution in [2.45, 2.75) is 39.7 Å². The molecule has 0 saturated heterocycles. The molecule has 22 heavy (non-hydrogen) atoms. The maximum Gasteiger partial charge on any atom is 0.242 e. The van der Waals surface area contributed by atoms with Gasteiger partial charge in [0, 0.05) is 6.42 Å². The van der Waals surface area contributed by atoms with Crippen LogP contribution in [0.5, 0.6) is 5.88 Å². The van der Waals surface area contributed by atoms with E-state index >= 15 is 0 Å². The molecule has 0 fully saturated rings. The summed E-state index contributed by atoms with van der Waals surface area (Å²) in [7, 11) is 0. The van der Waals surface area contributed by atoms with Crippen LogP contribution in [0.2, 0.25) is 0 Å². The molecule has 0 radical (unpaired) electrons. The topological polar surface area (TPSA) is 73.1 Å². The third-order valence-corrected chi connectivity index (χ3v) is 3.36. The van der Waals surface area contributed by atoms with Crippen molar-refractivity contribution in [1.82, 2.24) is 9.97 Å². The zero-order valence-electron chi connectivity index (χ0n) is 13.5. The maximum atomic E-state index is 6.15. The lowest BCUT2D eigenvalue weighted by atomic mass is 10.1. The van der Waals surface area contributed by atoms with Crippen molar-refractivity contribution in [3.8, 4) is 5.88 Å². The SMILES string of the molecule is CCCc1nc(NC(C)c2ccccc2)c(N)c(OCC)n1. The van der Waals surface area contributed by atoms with Crippen molar-refractivity contribution in [2.75, 3.05) is 17.7 Å². The van der Waals surface area contributed by atoms with Gasteiger partial charge < -0.3 is 15.8 Å². The molecule has 1 atom stereocenters. The zero-order valence-corrected chi connectivity index (χ0v) is 13.5. The monoisotopic (exact) mass is 300 g/mol. The summed E-state index contributed by atoms with van der Waals surface area (Å²) in [5.74, 6) is 1.85. The van der Waals surface area contributed by atoms with Gasteiger partial charge in [0.15, 0.2) is 5.82 Å². The highest BCUT2D eigenvalue weighted by Gasteiger charge is 2.15. The molecule has 0 aliphatic heterocycles. The molecule has 0 amide bonds. The summed E-state index contributed by atoms with van der Waals surface area (Å²) < 4.78 is 5.54. The first-order chi connectivity index (χ1) is 10.7. The highest BCUT2D eigenvalue weighted by Crippen LogP contribution is 2.29. The van der Waals surface area contributed by atoms with Gasteiger partial charge in [-0.1, -0.05) is 37.3 Å². The summed E-state index contributed by atoms with van der Waals surface area (Å²) >= 11 is 0. The van der Waals surface area contributed by atoms with E-state index in [4.69, 9.17) is 10.5 Å². The number of ether oxygens (including phenoxy) is 1. The molecular formula is C17H24N4O. The van der Waals surface area contributed by atoms with Gasteiger partial charge in [-0.15, -0.1) is 0 Å². The Labute approximate surface area is 131 Å².